The molecule has 0 bridgehead atoms. The van der Waals surface area contributed by atoms with Crippen molar-refractivity contribution in [1.29, 1.82) is 0 Å². The van der Waals surface area contributed by atoms with E-state index in [0.29, 0.717) is 60.5 Å². The molecular formula is C43H50ClN3O9S. The molecule has 0 amide bonds. The number of esters is 1. The van der Waals surface area contributed by atoms with Crippen LogP contribution >= 0.6 is 11.6 Å². The molecule has 0 aliphatic carbocycles. The van der Waals surface area contributed by atoms with Gasteiger partial charge in [-0.3, -0.25) is 14.7 Å². The molecule has 2 saturated heterocycles. The number of methoxy groups -OCH3 is 1. The van der Waals surface area contributed by atoms with E-state index in [2.05, 4.69) is 27.8 Å². The molecule has 0 saturated carbocycles. The molecule has 1 unspecified atom stereocenters. The van der Waals surface area contributed by atoms with Crippen molar-refractivity contribution in [1.82, 2.24) is 14.8 Å². The predicted octanol–water partition coefficient (Wildman–Crippen LogP) is 6.40. The van der Waals surface area contributed by atoms with Crippen molar-refractivity contribution in [2.45, 2.75) is 81.9 Å². The number of fused-ring (bicyclic) bond motifs is 1. The summed E-state index contributed by atoms with van der Waals surface area (Å²) in [6.45, 7) is 6.39. The number of sulfone groups is 1. The van der Waals surface area contributed by atoms with E-state index in [4.69, 9.17) is 35.3 Å². The maximum absolute atomic E-state index is 12.7. The normalized spacial score (nSPS) is 20.0. The maximum atomic E-state index is 12.7. The highest BCUT2D eigenvalue weighted by Gasteiger charge is 2.31. The first kappa shape index (κ1) is 40.8. The van der Waals surface area contributed by atoms with Crippen LogP contribution in [-0.2, 0) is 39.1 Å². The van der Waals surface area contributed by atoms with E-state index >= 15 is 0 Å². The Hall–Kier alpha value is -4.40. The molecule has 2 fully saturated rings. The monoisotopic (exact) mass is 819 g/mol. The fraction of sp³-hybridized carbons (Fsp3) is 0.442. The first-order chi connectivity index (χ1) is 27.4. The quantitative estimate of drug-likeness (QED) is 0.141. The van der Waals surface area contributed by atoms with E-state index in [9.17, 15) is 18.3 Å². The molecule has 3 aliphatic rings. The van der Waals surface area contributed by atoms with Crippen molar-refractivity contribution in [2.24, 2.45) is 0 Å². The van der Waals surface area contributed by atoms with Gasteiger partial charge in [-0.05, 0) is 79.3 Å². The van der Waals surface area contributed by atoms with E-state index in [-0.39, 0.29) is 42.3 Å². The lowest BCUT2D eigenvalue weighted by molar-refractivity contribution is -0.148. The van der Waals surface area contributed by atoms with Gasteiger partial charge in [-0.2, -0.15) is 0 Å². The Morgan fingerprint density at radius 2 is 1.82 bits per heavy atom. The van der Waals surface area contributed by atoms with Crippen molar-refractivity contribution < 1.29 is 42.0 Å². The number of carbonyl (C=O) groups is 1. The number of hydrogen-bond donors (Lipinski definition) is 1. The van der Waals surface area contributed by atoms with E-state index in [0.717, 1.165) is 78.6 Å². The number of ether oxygens (including phenoxy) is 5. The van der Waals surface area contributed by atoms with E-state index in [1.165, 1.54) is 13.3 Å². The number of β-amino-alcohol motifs (C(OH)–C–C–N with tert-alkyl or cyclic N) is 1. The smallest absolute Gasteiger partial charge is 0.323 e. The van der Waals surface area contributed by atoms with Gasteiger partial charge in [0.1, 0.15) is 43.5 Å². The number of aliphatic hydroxyl groups excluding tert-OH is 1. The Morgan fingerprint density at radius 3 is 2.61 bits per heavy atom. The lowest BCUT2D eigenvalue weighted by Crippen LogP contribution is -2.44. The predicted molar refractivity (Wildman–Crippen MR) is 216 cm³/mol. The van der Waals surface area contributed by atoms with E-state index in [1.54, 1.807) is 24.4 Å². The van der Waals surface area contributed by atoms with Crippen molar-refractivity contribution in [3.63, 3.8) is 0 Å². The third-order valence-corrected chi connectivity index (χ3v) is 12.4. The highest BCUT2D eigenvalue weighted by molar-refractivity contribution is 7.90. The van der Waals surface area contributed by atoms with Crippen molar-refractivity contribution in [3.8, 4) is 34.1 Å². The van der Waals surface area contributed by atoms with Crippen LogP contribution in [0.15, 0.2) is 71.9 Å². The van der Waals surface area contributed by atoms with Gasteiger partial charge in [-0.15, -0.1) is 0 Å². The van der Waals surface area contributed by atoms with Gasteiger partial charge < -0.3 is 33.7 Å². The van der Waals surface area contributed by atoms with Crippen molar-refractivity contribution in [3.05, 3.63) is 94.3 Å². The molecule has 4 aromatic rings. The zero-order chi connectivity index (χ0) is 40.1. The summed E-state index contributed by atoms with van der Waals surface area (Å²) in [6.07, 6.45) is 7.90. The second-order valence-electron chi connectivity index (χ2n) is 15.1. The fourth-order valence-electron chi connectivity index (χ4n) is 7.73. The molecule has 0 spiro atoms. The molecule has 3 atom stereocenters. The topological polar surface area (TPSA) is 137 Å². The number of aromatic nitrogens is 1. The second kappa shape index (κ2) is 18.0. The Labute approximate surface area is 339 Å². The minimum Gasteiger partial charge on any atom is -0.488 e. The minimum atomic E-state index is -3.46. The third-order valence-electron chi connectivity index (χ3n) is 11.0. The molecule has 7 rings (SSSR count). The van der Waals surface area contributed by atoms with Gasteiger partial charge in [0, 0.05) is 68.4 Å². The van der Waals surface area contributed by atoms with Crippen molar-refractivity contribution >= 4 is 27.4 Å². The maximum Gasteiger partial charge on any atom is 0.323 e. The number of halogens is 1. The number of pyridine rings is 1. The molecule has 304 valence electrons. The molecule has 4 heterocycles. The van der Waals surface area contributed by atoms with Crippen LogP contribution in [-0.4, -0.2) is 98.7 Å². The molecule has 57 heavy (non-hydrogen) atoms. The number of benzene rings is 3. The molecule has 1 aromatic heterocycles. The van der Waals surface area contributed by atoms with E-state index in [1.807, 2.05) is 30.3 Å². The lowest BCUT2D eigenvalue weighted by atomic mass is 9.96. The fourth-order valence-corrected chi connectivity index (χ4v) is 8.59. The summed E-state index contributed by atoms with van der Waals surface area (Å²) in [5.41, 5.74) is 5.37. The Bertz CT molecular complexity index is 2190. The molecule has 14 heteroatoms. The largest absolute Gasteiger partial charge is 0.488 e. The van der Waals surface area contributed by atoms with Crippen LogP contribution in [0, 0.1) is 6.92 Å². The van der Waals surface area contributed by atoms with Crippen LogP contribution in [0.3, 0.4) is 0 Å². The van der Waals surface area contributed by atoms with E-state index < -0.39 is 9.84 Å². The number of hydrogen-bond acceptors (Lipinski definition) is 12. The number of carbonyl (C=O) groups excluding carboxylic acids is 1. The van der Waals surface area contributed by atoms with Gasteiger partial charge in [-0.25, -0.2) is 8.42 Å². The average molecular weight is 820 g/mol. The zero-order valence-corrected chi connectivity index (χ0v) is 34.2. The molecular weight excluding hydrogens is 770 g/mol. The molecule has 1 N–H and O–H groups in total. The van der Waals surface area contributed by atoms with Crippen LogP contribution in [0.2, 0.25) is 5.02 Å². The standard InChI is InChI=1S/C43H50ClN3O9S/c1-28-31(7-6-8-36(28)30-10-11-39-42(19-30)56-34(27-55-39)13-16-46-15-12-33(48)24-46)26-54-41-20-40(53-25-29-17-35(22-45-21-29)57(3,50)51)32(18-37(41)44)23-47-14-5-4-9-38(47)43(49)52-2/h6-8,10-11,17-22,33-34,38,48H,4-5,9,12-16,23-27H2,1-3H3/t33-,34?,38+/m1/s1. The van der Waals surface area contributed by atoms with Crippen LogP contribution in [0.25, 0.3) is 11.1 Å². The third kappa shape index (κ3) is 10.0. The summed E-state index contributed by atoms with van der Waals surface area (Å²) in [6, 6.07) is 16.8. The molecule has 12 nitrogen and oxygen atoms in total. The number of rotatable bonds is 14. The van der Waals surface area contributed by atoms with Crippen LogP contribution < -0.4 is 18.9 Å². The first-order valence-electron chi connectivity index (χ1n) is 19.4. The first-order valence-corrected chi connectivity index (χ1v) is 21.7. The summed E-state index contributed by atoms with van der Waals surface area (Å²) in [7, 11) is -2.06. The van der Waals surface area contributed by atoms with Crippen molar-refractivity contribution in [2.75, 3.05) is 46.2 Å². The van der Waals surface area contributed by atoms with Gasteiger partial charge >= 0.3 is 5.97 Å². The van der Waals surface area contributed by atoms with Gasteiger partial charge in [0.25, 0.3) is 0 Å². The SMILES string of the molecule is COC(=O)[C@@H]1CCCCN1Cc1cc(Cl)c(OCc2cccc(-c3ccc4c(c3)OC(CCN3CC[C@@H](O)C3)CO4)c2C)cc1OCc1cncc(S(C)(=O)=O)c1. The van der Waals surface area contributed by atoms with Crippen LogP contribution in [0.4, 0.5) is 0 Å². The summed E-state index contributed by atoms with van der Waals surface area (Å²) in [4.78, 5) is 21.3. The number of likely N-dealkylation sites (tertiary alicyclic amines) is 2. The zero-order valence-electron chi connectivity index (χ0n) is 32.6. The van der Waals surface area contributed by atoms with Crippen LogP contribution in [0.1, 0.15) is 54.4 Å². The van der Waals surface area contributed by atoms with Gasteiger partial charge in [0.2, 0.25) is 0 Å². The summed E-state index contributed by atoms with van der Waals surface area (Å²) >= 11 is 6.90. The Kier molecular flexibility index (Phi) is 12.9. The average Bonchev–Trinajstić information content (AvgIpc) is 3.63. The van der Waals surface area contributed by atoms with Gasteiger partial charge in [0.15, 0.2) is 21.3 Å². The molecule has 3 aromatic carbocycles. The van der Waals surface area contributed by atoms with Crippen LogP contribution in [0.5, 0.6) is 23.0 Å². The number of nitrogens with zero attached hydrogens (tertiary/aromatic N) is 3. The minimum absolute atomic E-state index is 0.0465. The highest BCUT2D eigenvalue weighted by Crippen LogP contribution is 2.39. The summed E-state index contributed by atoms with van der Waals surface area (Å²) in [5, 5.41) is 10.3. The van der Waals surface area contributed by atoms with Gasteiger partial charge in [-0.1, -0.05) is 42.3 Å². The molecule has 3 aliphatic heterocycles. The molecule has 0 radical (unpaired) electrons. The Balaban J connectivity index is 1.09. The highest BCUT2D eigenvalue weighted by atomic mass is 35.5. The number of aliphatic hydroxyl groups is 1. The lowest BCUT2D eigenvalue weighted by Gasteiger charge is -2.34. The Morgan fingerprint density at radius 1 is 0.982 bits per heavy atom. The number of piperidine rings is 1. The summed E-state index contributed by atoms with van der Waals surface area (Å²) < 4.78 is 54.8. The second-order valence-corrected chi connectivity index (χ2v) is 17.5. The summed E-state index contributed by atoms with van der Waals surface area (Å²) in [5.74, 6) is 2.07. The van der Waals surface area contributed by atoms with Gasteiger partial charge in [0.05, 0.1) is 23.1 Å².